The smallest absolute Gasteiger partial charge is 0.293 e. The third kappa shape index (κ3) is 4.63. The van der Waals surface area contributed by atoms with Gasteiger partial charge in [-0.3, -0.25) is 15.0 Å². The molecule has 2 amide bonds. The minimum atomic E-state index is -0.272. The van der Waals surface area contributed by atoms with Crippen LogP contribution < -0.4 is 10.2 Å². The summed E-state index contributed by atoms with van der Waals surface area (Å²) in [6.45, 7) is 7.51. The van der Waals surface area contributed by atoms with Crippen molar-refractivity contribution in [2.75, 3.05) is 10.2 Å². The molecule has 0 saturated heterocycles. The Morgan fingerprint density at radius 3 is 2.64 bits per heavy atom. The van der Waals surface area contributed by atoms with E-state index in [1.807, 2.05) is 25.3 Å². The second-order valence-corrected chi connectivity index (χ2v) is 6.78. The van der Waals surface area contributed by atoms with Crippen LogP contribution in [0.2, 0.25) is 0 Å². The topological polar surface area (TPSA) is 75.2 Å². The molecular weight excluding hydrogens is 336 g/mol. The zero-order chi connectivity index (χ0) is 18.4. The van der Waals surface area contributed by atoms with Crippen LogP contribution >= 0.6 is 11.3 Å². The molecule has 2 rings (SSSR count). The van der Waals surface area contributed by atoms with Crippen LogP contribution in [-0.2, 0) is 0 Å². The quantitative estimate of drug-likeness (QED) is 0.728. The predicted molar refractivity (Wildman–Crippen MR) is 102 cm³/mol. The molecule has 6 nitrogen and oxygen atoms in total. The lowest BCUT2D eigenvalue weighted by Crippen LogP contribution is -2.44. The molecule has 0 saturated carbocycles. The molecule has 0 radical (unpaired) electrons. The Kier molecular flexibility index (Phi) is 6.64. The number of rotatable bonds is 7. The Morgan fingerprint density at radius 1 is 1.32 bits per heavy atom. The number of hydrogen-bond acceptors (Lipinski definition) is 5. The first-order valence-electron chi connectivity index (χ1n) is 8.46. The maximum absolute atomic E-state index is 13.0. The highest BCUT2D eigenvalue weighted by atomic mass is 32.1. The highest BCUT2D eigenvalue weighted by Gasteiger charge is 2.27. The molecule has 134 valence electrons. The van der Waals surface area contributed by atoms with Gasteiger partial charge in [-0.1, -0.05) is 26.3 Å². The van der Waals surface area contributed by atoms with Crippen molar-refractivity contribution in [2.24, 2.45) is 0 Å². The monoisotopic (exact) mass is 360 g/mol. The Bertz CT molecular complexity index is 731. The van der Waals surface area contributed by atoms with E-state index in [0.717, 1.165) is 24.8 Å². The summed E-state index contributed by atoms with van der Waals surface area (Å²) < 4.78 is 0. The second kappa shape index (κ2) is 8.71. The van der Waals surface area contributed by atoms with Crippen LogP contribution in [0.5, 0.6) is 0 Å². The Hall–Kier alpha value is -2.28. The normalized spacial score (nSPS) is 11.8. The molecule has 25 heavy (non-hydrogen) atoms. The number of Topliss-reactive ketones (excluding diaryl/α,β-unsaturated/α-hetero) is 1. The van der Waals surface area contributed by atoms with Gasteiger partial charge >= 0.3 is 6.03 Å². The summed E-state index contributed by atoms with van der Waals surface area (Å²) in [5.74, 6) is 0.409. The molecule has 2 aromatic rings. The molecule has 0 bridgehead atoms. The van der Waals surface area contributed by atoms with Gasteiger partial charge in [0.05, 0.1) is 0 Å². The van der Waals surface area contributed by atoms with E-state index in [9.17, 15) is 9.59 Å². The Labute approximate surface area is 152 Å². The molecule has 7 heteroatoms. The standard InChI is InChI=1S/C18H24N4O2S/c1-5-7-14(6-2)22(18(24)21-17-19-10-11-25-17)16-12(3)8-9-15(20-16)13(4)23/h8-11,14H,5-7H2,1-4H3,(H,19,21,24)/t14-/m1/s1. The average molecular weight is 360 g/mol. The van der Waals surface area contributed by atoms with E-state index in [2.05, 4.69) is 22.2 Å². The van der Waals surface area contributed by atoms with Gasteiger partial charge < -0.3 is 0 Å². The fraction of sp³-hybridized carbons (Fsp3) is 0.444. The van der Waals surface area contributed by atoms with Gasteiger partial charge in [0.1, 0.15) is 11.5 Å². The zero-order valence-electron chi connectivity index (χ0n) is 15.1. The van der Waals surface area contributed by atoms with E-state index >= 15 is 0 Å². The van der Waals surface area contributed by atoms with Crippen LogP contribution in [-0.4, -0.2) is 27.8 Å². The number of ketones is 1. The van der Waals surface area contributed by atoms with Crippen molar-refractivity contribution in [3.05, 3.63) is 35.0 Å². The molecule has 0 spiro atoms. The first kappa shape index (κ1) is 19.1. The summed E-state index contributed by atoms with van der Waals surface area (Å²) in [6.07, 6.45) is 4.25. The molecule has 0 fully saturated rings. The summed E-state index contributed by atoms with van der Waals surface area (Å²) in [5.41, 5.74) is 1.22. The number of hydrogen-bond donors (Lipinski definition) is 1. The SMILES string of the molecule is CCC[C@@H](CC)N(C(=O)Nc1nccs1)c1nc(C(C)=O)ccc1C. The molecule has 0 aliphatic carbocycles. The fourth-order valence-corrected chi connectivity index (χ4v) is 3.20. The van der Waals surface area contributed by atoms with Crippen LogP contribution in [0, 0.1) is 6.92 Å². The van der Waals surface area contributed by atoms with Gasteiger partial charge in [-0.05, 0) is 31.4 Å². The van der Waals surface area contributed by atoms with Crippen molar-refractivity contribution in [1.82, 2.24) is 9.97 Å². The van der Waals surface area contributed by atoms with Gasteiger partial charge in [-0.2, -0.15) is 0 Å². The summed E-state index contributed by atoms with van der Waals surface area (Å²) in [4.78, 5) is 35.0. The van der Waals surface area contributed by atoms with Gasteiger partial charge in [0.2, 0.25) is 0 Å². The maximum Gasteiger partial charge on any atom is 0.329 e. The molecule has 1 atom stereocenters. The summed E-state index contributed by atoms with van der Waals surface area (Å²) in [5, 5.41) is 5.19. The van der Waals surface area contributed by atoms with Crippen molar-refractivity contribution in [3.8, 4) is 0 Å². The zero-order valence-corrected chi connectivity index (χ0v) is 15.9. The number of carbonyl (C=O) groups is 2. The van der Waals surface area contributed by atoms with Crippen molar-refractivity contribution in [3.63, 3.8) is 0 Å². The number of pyridine rings is 1. The Balaban J connectivity index is 2.45. The number of nitrogens with one attached hydrogen (secondary N) is 1. The first-order chi connectivity index (χ1) is 12.0. The van der Waals surface area contributed by atoms with Gasteiger partial charge in [0, 0.05) is 24.5 Å². The van der Waals surface area contributed by atoms with Gasteiger partial charge in [0.15, 0.2) is 10.9 Å². The lowest BCUT2D eigenvalue weighted by Gasteiger charge is -2.31. The average Bonchev–Trinajstić information content (AvgIpc) is 3.08. The lowest BCUT2D eigenvalue weighted by molar-refractivity contribution is 0.101. The van der Waals surface area contributed by atoms with Crippen molar-refractivity contribution >= 4 is 34.1 Å². The fourth-order valence-electron chi connectivity index (χ4n) is 2.68. The molecule has 1 N–H and O–H groups in total. The van der Waals surface area contributed by atoms with Crippen LogP contribution in [0.4, 0.5) is 15.7 Å². The van der Waals surface area contributed by atoms with E-state index < -0.39 is 0 Å². The maximum atomic E-state index is 13.0. The number of urea groups is 1. The molecule has 0 aliphatic heterocycles. The number of aryl methyl sites for hydroxylation is 1. The van der Waals surface area contributed by atoms with Crippen LogP contribution in [0.1, 0.15) is 56.1 Å². The molecule has 2 aromatic heterocycles. The summed E-state index contributed by atoms with van der Waals surface area (Å²) in [6, 6.07) is 3.25. The van der Waals surface area contributed by atoms with Crippen molar-refractivity contribution < 1.29 is 9.59 Å². The molecule has 2 heterocycles. The minimum Gasteiger partial charge on any atom is -0.293 e. The second-order valence-electron chi connectivity index (χ2n) is 5.88. The highest BCUT2D eigenvalue weighted by Crippen LogP contribution is 2.25. The highest BCUT2D eigenvalue weighted by molar-refractivity contribution is 7.13. The van der Waals surface area contributed by atoms with Crippen molar-refractivity contribution in [2.45, 2.75) is 53.0 Å². The van der Waals surface area contributed by atoms with Crippen molar-refractivity contribution in [1.29, 1.82) is 0 Å². The summed E-state index contributed by atoms with van der Waals surface area (Å²) >= 11 is 1.36. The largest absolute Gasteiger partial charge is 0.329 e. The number of carbonyl (C=O) groups excluding carboxylic acids is 2. The van der Waals surface area contributed by atoms with Crippen LogP contribution in [0.3, 0.4) is 0 Å². The van der Waals surface area contributed by atoms with Crippen LogP contribution in [0.15, 0.2) is 23.7 Å². The number of anilines is 2. The van der Waals surface area contributed by atoms with Gasteiger partial charge in [0.25, 0.3) is 0 Å². The van der Waals surface area contributed by atoms with E-state index in [0.29, 0.717) is 16.6 Å². The third-order valence-electron chi connectivity index (χ3n) is 3.98. The van der Waals surface area contributed by atoms with E-state index in [1.54, 1.807) is 17.2 Å². The number of aromatic nitrogens is 2. The third-order valence-corrected chi connectivity index (χ3v) is 4.67. The number of thiazole rings is 1. The van der Waals surface area contributed by atoms with E-state index in [4.69, 9.17) is 0 Å². The van der Waals surface area contributed by atoms with Gasteiger partial charge in [-0.15, -0.1) is 11.3 Å². The first-order valence-corrected chi connectivity index (χ1v) is 9.34. The van der Waals surface area contributed by atoms with E-state index in [-0.39, 0.29) is 17.9 Å². The van der Waals surface area contributed by atoms with E-state index in [1.165, 1.54) is 18.3 Å². The Morgan fingerprint density at radius 2 is 2.08 bits per heavy atom. The number of nitrogens with zero attached hydrogens (tertiary/aromatic N) is 3. The molecule has 0 unspecified atom stereocenters. The molecule has 0 aliphatic rings. The minimum absolute atomic E-state index is 0.00151. The predicted octanol–water partition coefficient (Wildman–Crippen LogP) is 4.67. The summed E-state index contributed by atoms with van der Waals surface area (Å²) in [7, 11) is 0. The lowest BCUT2D eigenvalue weighted by atomic mass is 10.1. The number of amides is 2. The van der Waals surface area contributed by atoms with Gasteiger partial charge in [-0.25, -0.2) is 14.8 Å². The molecular formula is C18H24N4O2S. The van der Waals surface area contributed by atoms with Crippen LogP contribution in [0.25, 0.3) is 0 Å². The molecule has 0 aromatic carbocycles.